The van der Waals surface area contributed by atoms with Gasteiger partial charge in [0.1, 0.15) is 5.82 Å². The molecule has 1 saturated carbocycles. The highest BCUT2D eigenvalue weighted by atomic mass is 19.1. The molecular formula is C21H26FN3O2. The van der Waals surface area contributed by atoms with Gasteiger partial charge in [-0.2, -0.15) is 5.26 Å². The summed E-state index contributed by atoms with van der Waals surface area (Å²) in [5, 5.41) is 18.8. The van der Waals surface area contributed by atoms with E-state index in [0.29, 0.717) is 24.3 Å². The van der Waals surface area contributed by atoms with Gasteiger partial charge in [-0.1, -0.05) is 0 Å². The van der Waals surface area contributed by atoms with Crippen molar-refractivity contribution in [3.8, 4) is 6.07 Å². The Balaban J connectivity index is 1.43. The van der Waals surface area contributed by atoms with Gasteiger partial charge < -0.3 is 14.9 Å². The Bertz CT molecular complexity index is 759. The van der Waals surface area contributed by atoms with E-state index >= 15 is 0 Å². The third-order valence-electron chi connectivity index (χ3n) is 6.79. The fourth-order valence-corrected chi connectivity index (χ4v) is 5.03. The number of benzene rings is 1. The minimum absolute atomic E-state index is 0.213. The van der Waals surface area contributed by atoms with Crippen LogP contribution in [-0.4, -0.2) is 47.7 Å². The Labute approximate surface area is 159 Å². The molecule has 5 nitrogen and oxygen atoms in total. The predicted octanol–water partition coefficient (Wildman–Crippen LogP) is 2.82. The van der Waals surface area contributed by atoms with Crippen LogP contribution >= 0.6 is 0 Å². The summed E-state index contributed by atoms with van der Waals surface area (Å²) in [5.74, 6) is -0.0557. The summed E-state index contributed by atoms with van der Waals surface area (Å²) in [6, 6.07) is 6.77. The first kappa shape index (κ1) is 18.2. The third kappa shape index (κ3) is 3.29. The summed E-state index contributed by atoms with van der Waals surface area (Å²) < 4.78 is 14.2. The zero-order valence-corrected chi connectivity index (χ0v) is 15.5. The van der Waals surface area contributed by atoms with Crippen molar-refractivity contribution in [1.29, 1.82) is 5.26 Å². The summed E-state index contributed by atoms with van der Waals surface area (Å²) in [4.78, 5) is 17.2. The molecule has 2 saturated heterocycles. The number of hydrogen-bond acceptors (Lipinski definition) is 4. The molecule has 27 heavy (non-hydrogen) atoms. The van der Waals surface area contributed by atoms with E-state index in [1.165, 1.54) is 12.1 Å². The Morgan fingerprint density at radius 3 is 2.44 bits per heavy atom. The number of halogens is 1. The van der Waals surface area contributed by atoms with Gasteiger partial charge >= 0.3 is 0 Å². The molecule has 3 fully saturated rings. The molecule has 0 radical (unpaired) electrons. The molecule has 1 aromatic carbocycles. The number of nitriles is 1. The number of anilines is 1. The van der Waals surface area contributed by atoms with Crippen molar-refractivity contribution in [1.82, 2.24) is 4.90 Å². The molecule has 1 aromatic rings. The fourth-order valence-electron chi connectivity index (χ4n) is 5.03. The van der Waals surface area contributed by atoms with Gasteiger partial charge in [-0.3, -0.25) is 4.79 Å². The molecule has 2 heterocycles. The van der Waals surface area contributed by atoms with Crippen molar-refractivity contribution in [2.45, 2.75) is 57.1 Å². The number of likely N-dealkylation sites (tertiary alicyclic amines) is 1. The van der Waals surface area contributed by atoms with Gasteiger partial charge in [0.15, 0.2) is 0 Å². The van der Waals surface area contributed by atoms with Crippen molar-refractivity contribution in [2.24, 2.45) is 5.41 Å². The minimum Gasteiger partial charge on any atom is -0.393 e. The second-order valence-electron chi connectivity index (χ2n) is 8.26. The zero-order valence-electron chi connectivity index (χ0n) is 15.5. The van der Waals surface area contributed by atoms with E-state index in [-0.39, 0.29) is 29.3 Å². The van der Waals surface area contributed by atoms with Crippen LogP contribution in [0.15, 0.2) is 18.2 Å². The van der Waals surface area contributed by atoms with Gasteiger partial charge in [-0.05, 0) is 63.1 Å². The lowest BCUT2D eigenvalue weighted by Crippen LogP contribution is -2.47. The maximum atomic E-state index is 14.2. The van der Waals surface area contributed by atoms with E-state index in [0.717, 1.165) is 51.5 Å². The molecule has 1 N–H and O–H groups in total. The molecule has 2 aliphatic heterocycles. The van der Waals surface area contributed by atoms with Crippen LogP contribution in [0.2, 0.25) is 0 Å². The van der Waals surface area contributed by atoms with E-state index < -0.39 is 0 Å². The van der Waals surface area contributed by atoms with Crippen LogP contribution in [0.25, 0.3) is 0 Å². The Kier molecular flexibility index (Phi) is 4.81. The molecule has 0 atom stereocenters. The molecule has 3 aliphatic rings. The van der Waals surface area contributed by atoms with Gasteiger partial charge in [0, 0.05) is 25.7 Å². The first-order valence-electron chi connectivity index (χ1n) is 9.96. The highest BCUT2D eigenvalue weighted by molar-refractivity contribution is 5.85. The van der Waals surface area contributed by atoms with Crippen LogP contribution in [0.1, 0.15) is 50.5 Å². The molecule has 0 aromatic heterocycles. The van der Waals surface area contributed by atoms with Crippen LogP contribution in [-0.2, 0) is 4.79 Å². The number of carbonyl (C=O) groups is 1. The molecule has 0 unspecified atom stereocenters. The Hall–Kier alpha value is -2.13. The normalized spacial score (nSPS) is 27.8. The largest absolute Gasteiger partial charge is 0.393 e. The number of aliphatic hydroxyl groups excluding tert-OH is 1. The van der Waals surface area contributed by atoms with Crippen LogP contribution in [0.5, 0.6) is 0 Å². The molecule has 1 amide bonds. The SMILES string of the molecule is N#Cc1ccc(F)c(N2CCC3(CC2)CCN([C@H]2CC[C@@H](O)CC2)C3=O)c1. The molecule has 144 valence electrons. The van der Waals surface area contributed by atoms with E-state index in [4.69, 9.17) is 5.26 Å². The van der Waals surface area contributed by atoms with Gasteiger partial charge in [-0.15, -0.1) is 0 Å². The van der Waals surface area contributed by atoms with Crippen molar-refractivity contribution in [3.63, 3.8) is 0 Å². The first-order chi connectivity index (χ1) is 13.0. The smallest absolute Gasteiger partial charge is 0.229 e. The third-order valence-corrected chi connectivity index (χ3v) is 6.79. The Morgan fingerprint density at radius 1 is 1.11 bits per heavy atom. The van der Waals surface area contributed by atoms with E-state index in [1.807, 2.05) is 4.90 Å². The summed E-state index contributed by atoms with van der Waals surface area (Å²) >= 11 is 0. The number of hydrogen-bond donors (Lipinski definition) is 1. The van der Waals surface area contributed by atoms with E-state index in [9.17, 15) is 14.3 Å². The number of nitrogens with zero attached hydrogens (tertiary/aromatic N) is 3. The topological polar surface area (TPSA) is 67.6 Å². The van der Waals surface area contributed by atoms with Crippen molar-refractivity contribution >= 4 is 11.6 Å². The van der Waals surface area contributed by atoms with Crippen molar-refractivity contribution in [2.75, 3.05) is 24.5 Å². The molecule has 6 heteroatoms. The molecular weight excluding hydrogens is 345 g/mol. The van der Waals surface area contributed by atoms with Crippen LogP contribution in [0.4, 0.5) is 10.1 Å². The maximum absolute atomic E-state index is 14.2. The van der Waals surface area contributed by atoms with E-state index in [1.54, 1.807) is 6.07 Å². The molecule has 4 rings (SSSR count). The average Bonchev–Trinajstić information content (AvgIpc) is 3.00. The molecule has 1 aliphatic carbocycles. The first-order valence-corrected chi connectivity index (χ1v) is 9.96. The second-order valence-corrected chi connectivity index (χ2v) is 8.26. The molecule has 1 spiro atoms. The van der Waals surface area contributed by atoms with E-state index in [2.05, 4.69) is 11.0 Å². The number of amides is 1. The number of carbonyl (C=O) groups excluding carboxylic acids is 1. The van der Waals surface area contributed by atoms with Crippen molar-refractivity contribution < 1.29 is 14.3 Å². The van der Waals surface area contributed by atoms with Gasteiger partial charge in [-0.25, -0.2) is 4.39 Å². The predicted molar refractivity (Wildman–Crippen MR) is 99.6 cm³/mol. The number of rotatable bonds is 2. The maximum Gasteiger partial charge on any atom is 0.229 e. The lowest BCUT2D eigenvalue weighted by atomic mass is 9.77. The summed E-state index contributed by atoms with van der Waals surface area (Å²) in [7, 11) is 0. The van der Waals surface area contributed by atoms with Gasteiger partial charge in [0.05, 0.1) is 28.8 Å². The monoisotopic (exact) mass is 371 g/mol. The lowest BCUT2D eigenvalue weighted by molar-refractivity contribution is -0.139. The van der Waals surface area contributed by atoms with Crippen LogP contribution < -0.4 is 4.90 Å². The number of aliphatic hydroxyl groups is 1. The quantitative estimate of drug-likeness (QED) is 0.868. The summed E-state index contributed by atoms with van der Waals surface area (Å²) in [6.45, 7) is 2.07. The van der Waals surface area contributed by atoms with Crippen LogP contribution in [0.3, 0.4) is 0 Å². The Morgan fingerprint density at radius 2 is 1.78 bits per heavy atom. The number of piperidine rings is 1. The average molecular weight is 371 g/mol. The fraction of sp³-hybridized carbons (Fsp3) is 0.619. The summed E-state index contributed by atoms with van der Waals surface area (Å²) in [5.41, 5.74) is 0.609. The van der Waals surface area contributed by atoms with Crippen LogP contribution in [0, 0.1) is 22.6 Å². The standard InChI is InChI=1S/C21H26FN3O2/c22-18-6-1-15(14-23)13-19(18)24-10-7-21(8-11-24)9-12-25(20(21)27)16-2-4-17(26)5-3-16/h1,6,13,16-17,26H,2-5,7-12H2/t16-,17+. The lowest BCUT2D eigenvalue weighted by Gasteiger charge is -2.40. The zero-order chi connectivity index (χ0) is 19.0. The highest BCUT2D eigenvalue weighted by Crippen LogP contribution is 2.44. The highest BCUT2D eigenvalue weighted by Gasteiger charge is 2.50. The second kappa shape index (κ2) is 7.12. The van der Waals surface area contributed by atoms with Gasteiger partial charge in [0.25, 0.3) is 0 Å². The summed E-state index contributed by atoms with van der Waals surface area (Å²) in [6.07, 6.45) is 5.47. The minimum atomic E-state index is -0.315. The van der Waals surface area contributed by atoms with Crippen molar-refractivity contribution in [3.05, 3.63) is 29.6 Å². The molecule has 0 bridgehead atoms. The van der Waals surface area contributed by atoms with Gasteiger partial charge in [0.2, 0.25) is 5.91 Å².